The zero-order valence-corrected chi connectivity index (χ0v) is 7.20. The van der Waals surface area contributed by atoms with Crippen molar-refractivity contribution in [1.29, 1.82) is 0 Å². The third kappa shape index (κ3) is 2.88. The van der Waals surface area contributed by atoms with Crippen molar-refractivity contribution in [3.05, 3.63) is 24.3 Å². The van der Waals surface area contributed by atoms with Gasteiger partial charge < -0.3 is 5.11 Å². The Kier molecular flexibility index (Phi) is 3.54. The van der Waals surface area contributed by atoms with Crippen LogP contribution in [-0.4, -0.2) is 21.0 Å². The summed E-state index contributed by atoms with van der Waals surface area (Å²) in [6, 6.07) is 0. The minimum atomic E-state index is 0.0736. The minimum Gasteiger partial charge on any atom is -0.505 e. The molecule has 0 unspecified atom stereocenters. The molecule has 0 amide bonds. The molecule has 0 bridgehead atoms. The van der Waals surface area contributed by atoms with E-state index >= 15 is 0 Å². The molecule has 0 aliphatic carbocycles. The Morgan fingerprint density at radius 3 is 2.67 bits per heavy atom. The first-order valence-electron chi connectivity index (χ1n) is 3.56. The van der Waals surface area contributed by atoms with Gasteiger partial charge in [0.25, 0.3) is 0 Å². The molecule has 3 nitrogen and oxygen atoms in total. The maximum absolute atomic E-state index is 8.86. The Bertz CT molecular complexity index is 258. The Morgan fingerprint density at radius 2 is 2.08 bits per heavy atom. The van der Waals surface area contributed by atoms with Crippen molar-refractivity contribution in [3.63, 3.8) is 0 Å². The lowest BCUT2D eigenvalue weighted by Crippen LogP contribution is -1.84. The number of hydrogen-bond acceptors (Lipinski definition) is 3. The van der Waals surface area contributed by atoms with Gasteiger partial charge in [0.05, 0.1) is 12.4 Å². The lowest BCUT2D eigenvalue weighted by Gasteiger charge is -1.91. The smallest absolute Gasteiger partial charge is 0.152 e. The normalized spacial score (nSPS) is 10.8. The van der Waals surface area contributed by atoms with Crippen LogP contribution < -0.4 is 0 Å². The van der Waals surface area contributed by atoms with Crippen LogP contribution in [0.25, 0.3) is 6.08 Å². The molecule has 0 spiro atoms. The Morgan fingerprint density at radius 1 is 1.42 bits per heavy atom. The highest BCUT2D eigenvalue weighted by Gasteiger charge is 1.89. The molecule has 0 saturated carbocycles. The van der Waals surface area contributed by atoms with Gasteiger partial charge in [0, 0.05) is 5.88 Å². The highest BCUT2D eigenvalue weighted by atomic mass is 35.5. The average molecular weight is 185 g/mol. The van der Waals surface area contributed by atoms with Crippen LogP contribution in [0.1, 0.15) is 12.2 Å². The topological polar surface area (TPSA) is 46.0 Å². The third-order valence-electron chi connectivity index (χ3n) is 1.20. The summed E-state index contributed by atoms with van der Waals surface area (Å²) in [6.07, 6.45) is 7.16. The Labute approximate surface area is 75.7 Å². The van der Waals surface area contributed by atoms with E-state index in [2.05, 4.69) is 9.97 Å². The van der Waals surface area contributed by atoms with Gasteiger partial charge in [0.1, 0.15) is 0 Å². The van der Waals surface area contributed by atoms with E-state index in [9.17, 15) is 0 Å². The van der Waals surface area contributed by atoms with Crippen molar-refractivity contribution in [2.45, 2.75) is 6.42 Å². The monoisotopic (exact) mass is 184 g/mol. The second-order valence-corrected chi connectivity index (χ2v) is 2.56. The zero-order valence-electron chi connectivity index (χ0n) is 6.44. The van der Waals surface area contributed by atoms with Gasteiger partial charge in [-0.3, -0.25) is 0 Å². The molecule has 64 valence electrons. The fourth-order valence-corrected chi connectivity index (χ4v) is 0.795. The van der Waals surface area contributed by atoms with E-state index in [1.807, 2.05) is 6.08 Å². The quantitative estimate of drug-likeness (QED) is 0.729. The lowest BCUT2D eigenvalue weighted by molar-refractivity contribution is 0.469. The van der Waals surface area contributed by atoms with E-state index in [0.29, 0.717) is 11.7 Å². The molecule has 0 aliphatic heterocycles. The van der Waals surface area contributed by atoms with Crippen molar-refractivity contribution < 1.29 is 5.11 Å². The van der Waals surface area contributed by atoms with E-state index in [1.54, 1.807) is 6.08 Å². The van der Waals surface area contributed by atoms with Gasteiger partial charge in [0.15, 0.2) is 11.6 Å². The number of aromatic hydroxyl groups is 1. The first-order valence-corrected chi connectivity index (χ1v) is 4.10. The van der Waals surface area contributed by atoms with E-state index in [0.717, 1.165) is 6.42 Å². The summed E-state index contributed by atoms with van der Waals surface area (Å²) in [4.78, 5) is 7.72. The summed E-state index contributed by atoms with van der Waals surface area (Å²) < 4.78 is 0. The molecule has 1 aromatic heterocycles. The van der Waals surface area contributed by atoms with Gasteiger partial charge in [-0.25, -0.2) is 9.97 Å². The molecular weight excluding hydrogens is 176 g/mol. The Hall–Kier alpha value is -1.09. The van der Waals surface area contributed by atoms with Crippen LogP contribution >= 0.6 is 11.6 Å². The molecule has 1 heterocycles. The molecule has 0 atom stereocenters. The van der Waals surface area contributed by atoms with Crippen molar-refractivity contribution in [3.8, 4) is 5.75 Å². The van der Waals surface area contributed by atoms with Crippen molar-refractivity contribution in [2.24, 2.45) is 0 Å². The van der Waals surface area contributed by atoms with Gasteiger partial charge in [-0.1, -0.05) is 6.08 Å². The van der Waals surface area contributed by atoms with Crippen LogP contribution in [-0.2, 0) is 0 Å². The molecule has 4 heteroatoms. The summed E-state index contributed by atoms with van der Waals surface area (Å²) in [5, 5.41) is 8.86. The fraction of sp³-hybridized carbons (Fsp3) is 0.250. The molecule has 1 rings (SSSR count). The molecule has 0 fully saturated rings. The summed E-state index contributed by atoms with van der Waals surface area (Å²) in [7, 11) is 0. The number of alkyl halides is 1. The molecule has 0 aromatic carbocycles. The lowest BCUT2D eigenvalue weighted by atomic mass is 10.4. The van der Waals surface area contributed by atoms with E-state index in [4.69, 9.17) is 16.7 Å². The maximum Gasteiger partial charge on any atom is 0.152 e. The number of aromatic nitrogens is 2. The highest BCUT2D eigenvalue weighted by molar-refractivity contribution is 6.17. The third-order valence-corrected chi connectivity index (χ3v) is 1.42. The second-order valence-electron chi connectivity index (χ2n) is 2.18. The summed E-state index contributed by atoms with van der Waals surface area (Å²) >= 11 is 5.46. The largest absolute Gasteiger partial charge is 0.505 e. The van der Waals surface area contributed by atoms with Crippen molar-refractivity contribution in [1.82, 2.24) is 9.97 Å². The summed E-state index contributed by atoms with van der Waals surface area (Å²) in [6.45, 7) is 0. The zero-order chi connectivity index (χ0) is 8.81. The first kappa shape index (κ1) is 9.00. The maximum atomic E-state index is 8.86. The van der Waals surface area contributed by atoms with E-state index in [-0.39, 0.29) is 5.75 Å². The average Bonchev–Trinajstić information content (AvgIpc) is 2.09. The van der Waals surface area contributed by atoms with Gasteiger partial charge in [-0.15, -0.1) is 11.6 Å². The van der Waals surface area contributed by atoms with Gasteiger partial charge in [-0.2, -0.15) is 0 Å². The predicted molar refractivity (Wildman–Crippen MR) is 48.1 cm³/mol. The number of allylic oxidation sites excluding steroid dienone is 1. The van der Waals surface area contributed by atoms with Crippen LogP contribution in [0.4, 0.5) is 0 Å². The second kappa shape index (κ2) is 4.72. The van der Waals surface area contributed by atoms with Crippen LogP contribution in [0.3, 0.4) is 0 Å². The fourth-order valence-electron chi connectivity index (χ4n) is 0.669. The minimum absolute atomic E-state index is 0.0736. The highest BCUT2D eigenvalue weighted by Crippen LogP contribution is 2.03. The summed E-state index contributed by atoms with van der Waals surface area (Å²) in [5.41, 5.74) is 0. The SMILES string of the molecule is Oc1cnc(C=CCCCl)nc1. The Balaban J connectivity index is 2.58. The van der Waals surface area contributed by atoms with Crippen molar-refractivity contribution >= 4 is 17.7 Å². The standard InChI is InChI=1S/C8H9ClN2O/c9-4-2-1-3-8-10-5-7(12)6-11-8/h1,3,5-6,12H,2,4H2. The van der Waals surface area contributed by atoms with Crippen LogP contribution in [0.5, 0.6) is 5.75 Å². The number of hydrogen-bond donors (Lipinski definition) is 1. The first-order chi connectivity index (χ1) is 5.83. The molecule has 1 aromatic rings. The molecule has 12 heavy (non-hydrogen) atoms. The van der Waals surface area contributed by atoms with Gasteiger partial charge >= 0.3 is 0 Å². The van der Waals surface area contributed by atoms with Crippen LogP contribution in [0.2, 0.25) is 0 Å². The predicted octanol–water partition coefficient (Wildman–Crippen LogP) is 1.82. The number of halogens is 1. The summed E-state index contributed by atoms with van der Waals surface area (Å²) in [5.74, 6) is 1.25. The molecule has 0 radical (unpaired) electrons. The van der Waals surface area contributed by atoms with Crippen LogP contribution in [0.15, 0.2) is 18.5 Å². The molecule has 1 N–H and O–H groups in total. The van der Waals surface area contributed by atoms with Gasteiger partial charge in [0.2, 0.25) is 0 Å². The molecule has 0 saturated heterocycles. The molecular formula is C8H9ClN2O. The molecule has 0 aliphatic rings. The van der Waals surface area contributed by atoms with E-state index < -0.39 is 0 Å². The van der Waals surface area contributed by atoms with Crippen molar-refractivity contribution in [2.75, 3.05) is 5.88 Å². The number of rotatable bonds is 3. The van der Waals surface area contributed by atoms with Gasteiger partial charge in [-0.05, 0) is 12.5 Å². The van der Waals surface area contributed by atoms with E-state index in [1.165, 1.54) is 12.4 Å². The number of nitrogens with zero attached hydrogens (tertiary/aromatic N) is 2. The van der Waals surface area contributed by atoms with Crippen LogP contribution in [0, 0.1) is 0 Å².